The molecule has 1 aromatic carbocycles. The fourth-order valence-corrected chi connectivity index (χ4v) is 2.55. The first-order valence-electron chi connectivity index (χ1n) is 7.17. The Kier molecular flexibility index (Phi) is 4.66. The summed E-state index contributed by atoms with van der Waals surface area (Å²) in [7, 11) is 0. The third-order valence-corrected chi connectivity index (χ3v) is 3.89. The van der Waals surface area contributed by atoms with Crippen molar-refractivity contribution in [1.82, 2.24) is 5.32 Å². The second-order valence-electron chi connectivity index (χ2n) is 5.66. The molecule has 1 aromatic rings. The molecular weight excluding hydrogens is 281 g/mol. The molecule has 1 aliphatic heterocycles. The summed E-state index contributed by atoms with van der Waals surface area (Å²) in [6, 6.07) is 6.20. The van der Waals surface area contributed by atoms with Gasteiger partial charge in [-0.15, -0.1) is 13.2 Å². The Bertz CT molecular complexity index is 478. The van der Waals surface area contributed by atoms with Crippen LogP contribution < -0.4 is 15.0 Å². The van der Waals surface area contributed by atoms with Crippen LogP contribution in [0, 0.1) is 0 Å². The number of nitrogens with zero attached hydrogens (tertiary/aromatic N) is 1. The first-order valence-corrected chi connectivity index (χ1v) is 7.17. The molecule has 0 amide bonds. The van der Waals surface area contributed by atoms with Crippen LogP contribution in [0.5, 0.6) is 5.75 Å². The van der Waals surface area contributed by atoms with Gasteiger partial charge in [-0.05, 0) is 38.4 Å². The molecular formula is C15H21F3N2O. The second-order valence-corrected chi connectivity index (χ2v) is 5.66. The Hall–Kier alpha value is -1.43. The van der Waals surface area contributed by atoms with Gasteiger partial charge in [0.25, 0.3) is 0 Å². The molecule has 1 saturated heterocycles. The number of ether oxygens (including phenoxy) is 1. The van der Waals surface area contributed by atoms with Gasteiger partial charge >= 0.3 is 6.36 Å². The van der Waals surface area contributed by atoms with E-state index in [1.165, 1.54) is 12.1 Å². The summed E-state index contributed by atoms with van der Waals surface area (Å²) in [4.78, 5) is 2.12. The smallest absolute Gasteiger partial charge is 0.406 e. The monoisotopic (exact) mass is 302 g/mol. The summed E-state index contributed by atoms with van der Waals surface area (Å²) in [5, 5.41) is 3.51. The van der Waals surface area contributed by atoms with Crippen molar-refractivity contribution in [2.75, 3.05) is 24.5 Å². The number of halogens is 3. The SMILES string of the molecule is CCC1(C)CN(c2cccc(OC(F)(F)F)c2)CCCN1. The van der Waals surface area contributed by atoms with Crippen molar-refractivity contribution in [3.8, 4) is 5.75 Å². The Morgan fingerprint density at radius 3 is 2.81 bits per heavy atom. The van der Waals surface area contributed by atoms with Gasteiger partial charge in [0.1, 0.15) is 5.75 Å². The van der Waals surface area contributed by atoms with Crippen LogP contribution in [-0.2, 0) is 0 Å². The zero-order valence-electron chi connectivity index (χ0n) is 12.3. The van der Waals surface area contributed by atoms with E-state index in [4.69, 9.17) is 0 Å². The first-order chi connectivity index (χ1) is 9.81. The molecule has 0 bridgehead atoms. The quantitative estimate of drug-likeness (QED) is 0.924. The lowest BCUT2D eigenvalue weighted by Crippen LogP contribution is -2.48. The van der Waals surface area contributed by atoms with Gasteiger partial charge in [-0.3, -0.25) is 0 Å². The maximum absolute atomic E-state index is 12.3. The third-order valence-electron chi connectivity index (χ3n) is 3.89. The van der Waals surface area contributed by atoms with Crippen molar-refractivity contribution in [3.63, 3.8) is 0 Å². The van der Waals surface area contributed by atoms with Gasteiger partial charge in [-0.1, -0.05) is 13.0 Å². The Balaban J connectivity index is 2.18. The average Bonchev–Trinajstić information content (AvgIpc) is 2.60. The second kappa shape index (κ2) is 6.13. The molecule has 1 fully saturated rings. The zero-order chi connectivity index (χ0) is 15.5. The predicted molar refractivity (Wildman–Crippen MR) is 76.7 cm³/mol. The lowest BCUT2D eigenvalue weighted by atomic mass is 9.98. The summed E-state index contributed by atoms with van der Waals surface area (Å²) in [6.45, 7) is 6.75. The average molecular weight is 302 g/mol. The van der Waals surface area contributed by atoms with E-state index in [0.717, 1.165) is 38.2 Å². The van der Waals surface area contributed by atoms with Gasteiger partial charge in [0.15, 0.2) is 0 Å². The lowest BCUT2D eigenvalue weighted by molar-refractivity contribution is -0.274. The number of nitrogens with one attached hydrogen (secondary N) is 1. The van der Waals surface area contributed by atoms with Crippen LogP contribution in [0.1, 0.15) is 26.7 Å². The van der Waals surface area contributed by atoms with E-state index < -0.39 is 6.36 Å². The van der Waals surface area contributed by atoms with Crippen molar-refractivity contribution in [3.05, 3.63) is 24.3 Å². The lowest BCUT2D eigenvalue weighted by Gasteiger charge is -2.34. The summed E-state index contributed by atoms with van der Waals surface area (Å²) in [5.74, 6) is -0.171. The van der Waals surface area contributed by atoms with Crippen molar-refractivity contribution < 1.29 is 17.9 Å². The maximum Gasteiger partial charge on any atom is 0.573 e. The van der Waals surface area contributed by atoms with Crippen LogP contribution >= 0.6 is 0 Å². The normalized spacial score (nSPS) is 23.8. The number of alkyl halides is 3. The summed E-state index contributed by atoms with van der Waals surface area (Å²) < 4.78 is 40.9. The van der Waals surface area contributed by atoms with Crippen molar-refractivity contribution in [2.24, 2.45) is 0 Å². The fraction of sp³-hybridized carbons (Fsp3) is 0.600. The minimum Gasteiger partial charge on any atom is -0.406 e. The zero-order valence-corrected chi connectivity index (χ0v) is 12.3. The first kappa shape index (κ1) is 15.9. The van der Waals surface area contributed by atoms with Crippen LogP contribution in [0.4, 0.5) is 18.9 Å². The highest BCUT2D eigenvalue weighted by Crippen LogP contribution is 2.28. The molecule has 1 heterocycles. The minimum atomic E-state index is -4.66. The highest BCUT2D eigenvalue weighted by molar-refractivity contribution is 5.51. The maximum atomic E-state index is 12.3. The standard InChI is InChI=1S/C15H21F3N2O/c1-3-14(2)11-20(9-5-8-19-14)12-6-4-7-13(10-12)21-15(16,17)18/h4,6-7,10,19H,3,5,8-9,11H2,1-2H3. The summed E-state index contributed by atoms with van der Waals surface area (Å²) in [5.41, 5.74) is 0.734. The summed E-state index contributed by atoms with van der Waals surface area (Å²) in [6.07, 6.45) is -2.74. The molecule has 1 unspecified atom stereocenters. The molecule has 0 radical (unpaired) electrons. The van der Waals surface area contributed by atoms with E-state index >= 15 is 0 Å². The van der Waals surface area contributed by atoms with Gasteiger partial charge < -0.3 is 15.0 Å². The number of benzene rings is 1. The molecule has 1 aliphatic rings. The molecule has 0 saturated carbocycles. The fourth-order valence-electron chi connectivity index (χ4n) is 2.55. The summed E-state index contributed by atoms with van der Waals surface area (Å²) >= 11 is 0. The van der Waals surface area contributed by atoms with Gasteiger partial charge in [0.2, 0.25) is 0 Å². The van der Waals surface area contributed by atoms with Crippen molar-refractivity contribution in [1.29, 1.82) is 0 Å². The van der Waals surface area contributed by atoms with Gasteiger partial charge in [-0.25, -0.2) is 0 Å². The van der Waals surface area contributed by atoms with Gasteiger partial charge in [0.05, 0.1) is 0 Å². The highest BCUT2D eigenvalue weighted by Gasteiger charge is 2.32. The van der Waals surface area contributed by atoms with Gasteiger partial charge in [0, 0.05) is 30.4 Å². The molecule has 1 N–H and O–H groups in total. The topological polar surface area (TPSA) is 24.5 Å². The van der Waals surface area contributed by atoms with Crippen molar-refractivity contribution in [2.45, 2.75) is 38.6 Å². The Morgan fingerprint density at radius 2 is 2.14 bits per heavy atom. The molecule has 6 heteroatoms. The molecule has 3 nitrogen and oxygen atoms in total. The molecule has 21 heavy (non-hydrogen) atoms. The van der Waals surface area contributed by atoms with Gasteiger partial charge in [-0.2, -0.15) is 0 Å². The van der Waals surface area contributed by atoms with E-state index in [0.29, 0.717) is 0 Å². The molecule has 0 spiro atoms. The molecule has 2 rings (SSSR count). The van der Waals surface area contributed by atoms with Crippen LogP contribution in [0.2, 0.25) is 0 Å². The van der Waals surface area contributed by atoms with E-state index in [1.54, 1.807) is 6.07 Å². The highest BCUT2D eigenvalue weighted by atomic mass is 19.4. The van der Waals surface area contributed by atoms with E-state index in [9.17, 15) is 13.2 Å². The van der Waals surface area contributed by atoms with Crippen LogP contribution in [0.15, 0.2) is 24.3 Å². The molecule has 118 valence electrons. The number of rotatable bonds is 3. The largest absolute Gasteiger partial charge is 0.573 e. The third kappa shape index (κ3) is 4.52. The van der Waals surface area contributed by atoms with Crippen molar-refractivity contribution >= 4 is 5.69 Å². The van der Waals surface area contributed by atoms with Crippen LogP contribution in [0.25, 0.3) is 0 Å². The van der Waals surface area contributed by atoms with E-state index in [2.05, 4.69) is 28.8 Å². The predicted octanol–water partition coefficient (Wildman–Crippen LogP) is 3.55. The molecule has 0 aromatic heterocycles. The molecule has 0 aliphatic carbocycles. The molecule has 1 atom stereocenters. The van der Waals surface area contributed by atoms with E-state index in [-0.39, 0.29) is 11.3 Å². The van der Waals surface area contributed by atoms with Crippen LogP contribution in [-0.4, -0.2) is 31.5 Å². The van der Waals surface area contributed by atoms with Crippen LogP contribution in [0.3, 0.4) is 0 Å². The van der Waals surface area contributed by atoms with E-state index in [1.807, 2.05) is 6.07 Å². The minimum absolute atomic E-state index is 0.0304. The number of anilines is 1. The number of hydrogen-bond acceptors (Lipinski definition) is 3. The number of hydrogen-bond donors (Lipinski definition) is 1. The Labute approximate surface area is 123 Å². The Morgan fingerprint density at radius 1 is 1.38 bits per heavy atom.